The Kier molecular flexibility index (Phi) is 7.51. The summed E-state index contributed by atoms with van der Waals surface area (Å²) < 4.78 is 14.3. The molecule has 0 spiro atoms. The van der Waals surface area contributed by atoms with Crippen LogP contribution in [-0.2, 0) is 20.5 Å². The van der Waals surface area contributed by atoms with Gasteiger partial charge in [0.05, 0.1) is 31.5 Å². The van der Waals surface area contributed by atoms with Crippen LogP contribution in [0.5, 0.6) is 0 Å². The molecule has 5 atom stereocenters. The summed E-state index contributed by atoms with van der Waals surface area (Å²) in [6.07, 6.45) is -1.11. The molecule has 7 heteroatoms. The number of ether oxygens (including phenoxy) is 1. The zero-order valence-electron chi connectivity index (χ0n) is 20.2. The molecular formula is C26H36BrNO4Si. The average Bonchev–Trinajstić information content (AvgIpc) is 2.75. The fourth-order valence-electron chi connectivity index (χ4n) is 4.37. The van der Waals surface area contributed by atoms with Crippen LogP contribution < -0.4 is 0 Å². The predicted molar refractivity (Wildman–Crippen MR) is 136 cm³/mol. The van der Waals surface area contributed by atoms with Crippen molar-refractivity contribution in [3.8, 4) is 0 Å². The Balaban J connectivity index is 1.60. The van der Waals surface area contributed by atoms with Gasteiger partial charge in [0.25, 0.3) is 0 Å². The van der Waals surface area contributed by atoms with Crippen LogP contribution in [0.1, 0.15) is 38.0 Å². The van der Waals surface area contributed by atoms with Gasteiger partial charge in [-0.1, -0.05) is 79.2 Å². The van der Waals surface area contributed by atoms with Crippen LogP contribution in [0, 0.1) is 5.92 Å². The van der Waals surface area contributed by atoms with Gasteiger partial charge in [0.15, 0.2) is 8.32 Å². The first-order valence-corrected chi connectivity index (χ1v) is 15.4. The standard InChI is InChI=1S/C26H36BrNO4Si/c1-26(2,3)33(4,5)31-17-22-23-24(29)21(25(32-22)19-11-13-20(27)14-12-19)16-30-28(23)15-18-9-7-6-8-10-18/h6-14,21-25,29H,15-17H2,1-5H3/t21-,22+,23-,24+,25-/m0/s1. The van der Waals surface area contributed by atoms with Crippen molar-refractivity contribution in [2.75, 3.05) is 13.2 Å². The number of hydroxylamine groups is 2. The van der Waals surface area contributed by atoms with Crippen molar-refractivity contribution >= 4 is 24.2 Å². The Morgan fingerprint density at radius 2 is 1.76 bits per heavy atom. The lowest BCUT2D eigenvalue weighted by Gasteiger charge is -2.53. The highest BCUT2D eigenvalue weighted by atomic mass is 79.9. The van der Waals surface area contributed by atoms with E-state index in [-0.39, 0.29) is 29.2 Å². The lowest BCUT2D eigenvalue weighted by Crippen LogP contribution is -2.65. The molecule has 1 N–H and O–H groups in total. The van der Waals surface area contributed by atoms with Crippen molar-refractivity contribution in [1.82, 2.24) is 5.06 Å². The van der Waals surface area contributed by atoms with Crippen LogP contribution in [0.15, 0.2) is 59.1 Å². The summed E-state index contributed by atoms with van der Waals surface area (Å²) in [6, 6.07) is 18.1. The summed E-state index contributed by atoms with van der Waals surface area (Å²) in [7, 11) is -1.98. The van der Waals surface area contributed by atoms with E-state index in [1.165, 1.54) is 0 Å². The van der Waals surface area contributed by atoms with Crippen LogP contribution in [0.3, 0.4) is 0 Å². The van der Waals surface area contributed by atoms with E-state index in [0.717, 1.165) is 15.6 Å². The Morgan fingerprint density at radius 3 is 2.39 bits per heavy atom. The summed E-state index contributed by atoms with van der Waals surface area (Å²) in [5, 5.41) is 13.5. The first-order chi connectivity index (χ1) is 15.6. The van der Waals surface area contributed by atoms with Gasteiger partial charge in [-0.3, -0.25) is 4.84 Å². The van der Waals surface area contributed by atoms with E-state index in [0.29, 0.717) is 19.8 Å². The molecule has 0 unspecified atom stereocenters. The summed E-state index contributed by atoms with van der Waals surface area (Å²) >= 11 is 3.51. The molecule has 4 rings (SSSR count). The quantitative estimate of drug-likeness (QED) is 0.482. The molecule has 33 heavy (non-hydrogen) atoms. The minimum Gasteiger partial charge on any atom is -0.414 e. The van der Waals surface area contributed by atoms with Crippen LogP contribution >= 0.6 is 15.9 Å². The van der Waals surface area contributed by atoms with Crippen molar-refractivity contribution in [2.24, 2.45) is 5.92 Å². The van der Waals surface area contributed by atoms with Gasteiger partial charge in [-0.25, -0.2) is 0 Å². The summed E-state index contributed by atoms with van der Waals surface area (Å²) in [6.45, 7) is 12.7. The third-order valence-electron chi connectivity index (χ3n) is 7.44. The Bertz CT molecular complexity index is 918. The molecule has 2 heterocycles. The fraction of sp³-hybridized carbons (Fsp3) is 0.538. The third-order valence-corrected chi connectivity index (χ3v) is 12.5. The van der Waals surface area contributed by atoms with Crippen LogP contribution in [0.25, 0.3) is 0 Å². The second-order valence-electron chi connectivity index (χ2n) is 10.7. The van der Waals surface area contributed by atoms with Gasteiger partial charge in [-0.05, 0) is 41.4 Å². The zero-order chi connectivity index (χ0) is 23.8. The molecule has 2 aliphatic heterocycles. The summed E-state index contributed by atoms with van der Waals surface area (Å²) in [5.41, 5.74) is 2.19. The SMILES string of the molecule is CC(C)(C)[Si](C)(C)OC[C@H]1O[C@@H](c2ccc(Br)cc2)[C@H]2CON(Cc3ccccc3)[C@@H]1[C@@H]2O. The maximum atomic E-state index is 11.5. The maximum Gasteiger partial charge on any atom is 0.192 e. The average molecular weight is 535 g/mol. The minimum atomic E-state index is -1.98. The van der Waals surface area contributed by atoms with Gasteiger partial charge in [-0.2, -0.15) is 5.06 Å². The summed E-state index contributed by atoms with van der Waals surface area (Å²) in [4.78, 5) is 6.26. The topological polar surface area (TPSA) is 51.2 Å². The highest BCUT2D eigenvalue weighted by Crippen LogP contribution is 2.43. The van der Waals surface area contributed by atoms with Crippen molar-refractivity contribution in [3.63, 3.8) is 0 Å². The molecule has 0 amide bonds. The maximum absolute atomic E-state index is 11.5. The Labute approximate surface area is 207 Å². The number of benzene rings is 2. The molecule has 2 bridgehead atoms. The van der Waals surface area contributed by atoms with Crippen molar-refractivity contribution in [1.29, 1.82) is 0 Å². The smallest absolute Gasteiger partial charge is 0.192 e. The Hall–Kier alpha value is -1.06. The third kappa shape index (κ3) is 5.45. The number of nitrogens with zero attached hydrogens (tertiary/aromatic N) is 1. The number of rotatable bonds is 6. The second kappa shape index (κ2) is 9.89. The van der Waals surface area contributed by atoms with E-state index in [9.17, 15) is 5.11 Å². The molecule has 0 saturated carbocycles. The molecule has 2 aromatic rings. The predicted octanol–water partition coefficient (Wildman–Crippen LogP) is 5.70. The largest absolute Gasteiger partial charge is 0.414 e. The molecule has 0 radical (unpaired) electrons. The lowest BCUT2D eigenvalue weighted by molar-refractivity contribution is -0.334. The van der Waals surface area contributed by atoms with Crippen LogP contribution in [0.4, 0.5) is 0 Å². The molecule has 0 aliphatic carbocycles. The molecule has 0 aromatic heterocycles. The van der Waals surface area contributed by atoms with Crippen LogP contribution in [-0.4, -0.2) is 50.0 Å². The number of halogens is 1. The molecule has 2 aromatic carbocycles. The van der Waals surface area contributed by atoms with Crippen molar-refractivity contribution in [2.45, 2.75) is 69.8 Å². The van der Waals surface area contributed by atoms with Gasteiger partial charge in [0.1, 0.15) is 6.10 Å². The number of hydrogen-bond acceptors (Lipinski definition) is 5. The minimum absolute atomic E-state index is 0.0979. The monoisotopic (exact) mass is 533 g/mol. The van der Waals surface area contributed by atoms with Gasteiger partial charge in [-0.15, -0.1) is 0 Å². The molecule has 2 aliphatic rings. The van der Waals surface area contributed by atoms with Crippen LogP contribution in [0.2, 0.25) is 18.1 Å². The Morgan fingerprint density at radius 1 is 1.09 bits per heavy atom. The lowest BCUT2D eigenvalue weighted by atomic mass is 9.81. The van der Waals surface area contributed by atoms with E-state index in [4.69, 9.17) is 14.0 Å². The molecule has 5 nitrogen and oxygen atoms in total. The van der Waals surface area contributed by atoms with E-state index in [1.54, 1.807) is 0 Å². The van der Waals surface area contributed by atoms with Crippen molar-refractivity contribution in [3.05, 3.63) is 70.2 Å². The highest BCUT2D eigenvalue weighted by molar-refractivity contribution is 9.10. The molecule has 180 valence electrons. The normalized spacial score (nSPS) is 28.6. The van der Waals surface area contributed by atoms with Gasteiger partial charge < -0.3 is 14.3 Å². The zero-order valence-corrected chi connectivity index (χ0v) is 22.8. The first kappa shape index (κ1) is 25.0. The molecule has 2 saturated heterocycles. The number of fused-ring (bicyclic) bond motifs is 2. The van der Waals surface area contributed by atoms with E-state index in [1.807, 2.05) is 35.4 Å². The second-order valence-corrected chi connectivity index (χ2v) is 16.4. The van der Waals surface area contributed by atoms with Crippen molar-refractivity contribution < 1.29 is 19.1 Å². The van der Waals surface area contributed by atoms with E-state index < -0.39 is 14.4 Å². The van der Waals surface area contributed by atoms with E-state index in [2.05, 4.69) is 74.1 Å². The fourth-order valence-corrected chi connectivity index (χ4v) is 5.65. The summed E-state index contributed by atoms with van der Waals surface area (Å²) in [5.74, 6) is -0.132. The number of aliphatic hydroxyl groups excluding tert-OH is 1. The van der Waals surface area contributed by atoms with Gasteiger partial charge in [0.2, 0.25) is 0 Å². The van der Waals surface area contributed by atoms with E-state index >= 15 is 0 Å². The first-order valence-electron chi connectivity index (χ1n) is 11.7. The van der Waals surface area contributed by atoms with Gasteiger partial charge in [0, 0.05) is 16.9 Å². The molecular weight excluding hydrogens is 498 g/mol. The highest BCUT2D eigenvalue weighted by Gasteiger charge is 2.52. The number of aliphatic hydroxyl groups is 1. The van der Waals surface area contributed by atoms with Gasteiger partial charge >= 0.3 is 0 Å². The number of hydrogen-bond donors (Lipinski definition) is 1. The molecule has 2 fully saturated rings.